The van der Waals surface area contributed by atoms with Gasteiger partial charge in [-0.15, -0.1) is 11.3 Å². The molecule has 1 saturated carbocycles. The largest absolute Gasteiger partial charge is 0.308 e. The summed E-state index contributed by atoms with van der Waals surface area (Å²) in [6.45, 7) is 5.49. The summed E-state index contributed by atoms with van der Waals surface area (Å²) in [6, 6.07) is 7.14. The second-order valence-electron chi connectivity index (χ2n) is 6.64. The summed E-state index contributed by atoms with van der Waals surface area (Å²) in [5.41, 5.74) is 2.53. The number of nitrogens with zero attached hydrogens (tertiary/aromatic N) is 1. The normalized spacial score (nSPS) is 20.8. The molecule has 1 aromatic heterocycles. The Hall–Kier alpha value is -1.26. The molecule has 3 rings (SSSR count). The van der Waals surface area contributed by atoms with Crippen molar-refractivity contribution in [3.63, 3.8) is 0 Å². The van der Waals surface area contributed by atoms with Crippen LogP contribution in [-0.4, -0.2) is 11.0 Å². The molecular weight excluding hydrogens is 283 g/mol. The van der Waals surface area contributed by atoms with E-state index in [0.717, 1.165) is 22.8 Å². The lowest BCUT2D eigenvalue weighted by molar-refractivity contribution is 0.364. The van der Waals surface area contributed by atoms with Crippen LogP contribution in [0.3, 0.4) is 0 Å². The Morgan fingerprint density at radius 3 is 2.76 bits per heavy atom. The van der Waals surface area contributed by atoms with Crippen molar-refractivity contribution < 1.29 is 4.39 Å². The number of hydrogen-bond acceptors (Lipinski definition) is 3. The first-order valence-electron chi connectivity index (χ1n) is 7.46. The van der Waals surface area contributed by atoms with Crippen LogP contribution in [0.5, 0.6) is 0 Å². The number of halogens is 1. The zero-order valence-electron chi connectivity index (χ0n) is 12.5. The molecule has 1 fully saturated rings. The van der Waals surface area contributed by atoms with Crippen LogP contribution in [-0.2, 0) is 6.54 Å². The molecule has 1 atom stereocenters. The molecular formula is C17H21FN2S. The third-order valence-corrected chi connectivity index (χ3v) is 5.12. The van der Waals surface area contributed by atoms with Gasteiger partial charge < -0.3 is 5.32 Å². The van der Waals surface area contributed by atoms with Gasteiger partial charge >= 0.3 is 0 Å². The minimum absolute atomic E-state index is 0.207. The van der Waals surface area contributed by atoms with Crippen molar-refractivity contribution >= 4 is 11.3 Å². The fourth-order valence-electron chi connectivity index (χ4n) is 2.97. The quantitative estimate of drug-likeness (QED) is 0.891. The molecule has 0 spiro atoms. The van der Waals surface area contributed by atoms with Gasteiger partial charge in [-0.05, 0) is 48.9 Å². The Bertz CT molecular complexity index is 604. The molecule has 21 heavy (non-hydrogen) atoms. The lowest BCUT2D eigenvalue weighted by Crippen LogP contribution is -2.26. The van der Waals surface area contributed by atoms with E-state index in [1.165, 1.54) is 31.4 Å². The number of aromatic nitrogens is 1. The molecule has 1 aliphatic rings. The van der Waals surface area contributed by atoms with Gasteiger partial charge in [0.05, 0.1) is 5.69 Å². The number of benzene rings is 1. The fraction of sp³-hybridized carbons (Fsp3) is 0.471. The monoisotopic (exact) mass is 304 g/mol. The van der Waals surface area contributed by atoms with Crippen molar-refractivity contribution in [2.45, 2.75) is 45.7 Å². The Kier molecular flexibility index (Phi) is 4.09. The highest BCUT2D eigenvalue weighted by atomic mass is 32.1. The molecule has 1 N–H and O–H groups in total. The third-order valence-electron chi connectivity index (χ3n) is 4.18. The van der Waals surface area contributed by atoms with Crippen molar-refractivity contribution in [2.75, 3.05) is 0 Å². The van der Waals surface area contributed by atoms with E-state index in [2.05, 4.69) is 29.5 Å². The summed E-state index contributed by atoms with van der Waals surface area (Å²) >= 11 is 1.62. The van der Waals surface area contributed by atoms with Crippen LogP contribution >= 0.6 is 11.3 Å². The summed E-state index contributed by atoms with van der Waals surface area (Å²) in [5.74, 6) is -0.207. The van der Waals surface area contributed by atoms with Crippen molar-refractivity contribution in [1.29, 1.82) is 0 Å². The molecule has 1 unspecified atom stereocenters. The van der Waals surface area contributed by atoms with Gasteiger partial charge in [0.25, 0.3) is 0 Å². The third kappa shape index (κ3) is 3.69. The topological polar surface area (TPSA) is 24.9 Å². The smallest absolute Gasteiger partial charge is 0.123 e. The van der Waals surface area contributed by atoms with E-state index < -0.39 is 0 Å². The molecule has 4 heteroatoms. The second-order valence-corrected chi connectivity index (χ2v) is 7.49. The van der Waals surface area contributed by atoms with E-state index >= 15 is 0 Å². The molecule has 0 radical (unpaired) electrons. The molecule has 2 nitrogen and oxygen atoms in total. The molecule has 1 heterocycles. The average Bonchev–Trinajstić information content (AvgIpc) is 3.04. The van der Waals surface area contributed by atoms with Crippen LogP contribution in [0, 0.1) is 11.2 Å². The van der Waals surface area contributed by atoms with Crippen molar-refractivity contribution in [3.05, 3.63) is 41.2 Å². The Morgan fingerprint density at radius 2 is 2.10 bits per heavy atom. The predicted octanol–water partition coefficient (Wildman–Crippen LogP) is 4.62. The number of hydrogen-bond donors (Lipinski definition) is 1. The first-order valence-corrected chi connectivity index (χ1v) is 8.34. The molecule has 0 aliphatic heterocycles. The van der Waals surface area contributed by atoms with Gasteiger partial charge in [0, 0.05) is 23.5 Å². The van der Waals surface area contributed by atoms with E-state index in [1.54, 1.807) is 23.5 Å². The summed E-state index contributed by atoms with van der Waals surface area (Å²) in [5, 5.41) is 6.66. The van der Waals surface area contributed by atoms with Crippen LogP contribution in [0.2, 0.25) is 0 Å². The Balaban J connectivity index is 1.59. The van der Waals surface area contributed by atoms with Gasteiger partial charge in [0.1, 0.15) is 10.8 Å². The van der Waals surface area contributed by atoms with Gasteiger partial charge in [-0.3, -0.25) is 0 Å². The van der Waals surface area contributed by atoms with Crippen LogP contribution in [0.4, 0.5) is 4.39 Å². The van der Waals surface area contributed by atoms with E-state index in [1.807, 2.05) is 0 Å². The maximum Gasteiger partial charge on any atom is 0.123 e. The maximum atomic E-state index is 12.9. The molecule has 1 aliphatic carbocycles. The molecule has 112 valence electrons. The highest BCUT2D eigenvalue weighted by Gasteiger charge is 2.30. The van der Waals surface area contributed by atoms with Gasteiger partial charge in [0.15, 0.2) is 0 Å². The number of nitrogens with one attached hydrogen (secondary N) is 1. The van der Waals surface area contributed by atoms with Gasteiger partial charge in [-0.25, -0.2) is 9.37 Å². The fourth-order valence-corrected chi connectivity index (χ4v) is 3.80. The van der Waals surface area contributed by atoms with E-state index in [0.29, 0.717) is 11.5 Å². The Morgan fingerprint density at radius 1 is 1.33 bits per heavy atom. The van der Waals surface area contributed by atoms with Crippen LogP contribution < -0.4 is 5.32 Å². The second kappa shape index (κ2) is 5.85. The van der Waals surface area contributed by atoms with Gasteiger partial charge in [-0.2, -0.15) is 0 Å². The van der Waals surface area contributed by atoms with Crippen molar-refractivity contribution in [1.82, 2.24) is 10.3 Å². The van der Waals surface area contributed by atoms with E-state index in [-0.39, 0.29) is 5.82 Å². The maximum absolute atomic E-state index is 12.9. The highest BCUT2D eigenvalue weighted by Crippen LogP contribution is 2.37. The van der Waals surface area contributed by atoms with Crippen molar-refractivity contribution in [2.24, 2.45) is 5.41 Å². The highest BCUT2D eigenvalue weighted by molar-refractivity contribution is 7.13. The van der Waals surface area contributed by atoms with Crippen molar-refractivity contribution in [3.8, 4) is 10.6 Å². The molecule has 1 aromatic carbocycles. The summed E-state index contributed by atoms with van der Waals surface area (Å²) in [7, 11) is 0. The first-order chi connectivity index (χ1) is 10.0. The average molecular weight is 304 g/mol. The van der Waals surface area contributed by atoms with Crippen LogP contribution in [0.15, 0.2) is 29.6 Å². The van der Waals surface area contributed by atoms with E-state index in [4.69, 9.17) is 0 Å². The first kappa shape index (κ1) is 14.7. The molecule has 0 saturated heterocycles. The minimum Gasteiger partial charge on any atom is -0.308 e. The van der Waals surface area contributed by atoms with Crippen LogP contribution in [0.1, 0.15) is 38.8 Å². The lowest BCUT2D eigenvalue weighted by Gasteiger charge is -2.17. The number of rotatable bonds is 4. The van der Waals surface area contributed by atoms with E-state index in [9.17, 15) is 4.39 Å². The molecule has 0 bridgehead atoms. The van der Waals surface area contributed by atoms with Gasteiger partial charge in [0.2, 0.25) is 0 Å². The van der Waals surface area contributed by atoms with Crippen LogP contribution in [0.25, 0.3) is 10.6 Å². The van der Waals surface area contributed by atoms with Gasteiger partial charge in [-0.1, -0.05) is 13.8 Å². The molecule has 2 aromatic rings. The minimum atomic E-state index is -0.207. The summed E-state index contributed by atoms with van der Waals surface area (Å²) < 4.78 is 12.9. The Labute approximate surface area is 129 Å². The zero-order chi connectivity index (χ0) is 14.9. The summed E-state index contributed by atoms with van der Waals surface area (Å²) in [4.78, 5) is 4.64. The predicted molar refractivity (Wildman–Crippen MR) is 85.8 cm³/mol. The summed E-state index contributed by atoms with van der Waals surface area (Å²) in [6.07, 6.45) is 3.78. The molecule has 0 amide bonds. The lowest BCUT2D eigenvalue weighted by atomic mass is 9.92. The SMILES string of the molecule is CC1(C)CCC(NCc2csc(-c3ccc(F)cc3)n2)C1. The number of thiazole rings is 1. The standard InChI is InChI=1S/C17H21FN2S/c1-17(2)8-7-14(9-17)19-10-15-11-21-16(20-15)12-3-5-13(18)6-4-12/h3-6,11,14,19H,7-10H2,1-2H3. The zero-order valence-corrected chi connectivity index (χ0v) is 13.3.